The van der Waals surface area contributed by atoms with Gasteiger partial charge in [-0.05, 0) is 30.3 Å². The lowest BCUT2D eigenvalue weighted by Crippen LogP contribution is -2.22. The number of benzene rings is 3. The highest BCUT2D eigenvalue weighted by atomic mass is 16.6. The van der Waals surface area contributed by atoms with E-state index in [0.717, 1.165) is 18.2 Å². The number of fused-ring (bicyclic) bond motifs is 2. The molecule has 0 saturated carbocycles. The number of hydrogen-bond donors (Lipinski definition) is 3. The van der Waals surface area contributed by atoms with E-state index in [9.17, 15) is 29.9 Å². The summed E-state index contributed by atoms with van der Waals surface area (Å²) in [6, 6.07) is 13.2. The number of carbonyl (C=O) groups excluding carboxylic acids is 2. The lowest BCUT2D eigenvalue weighted by Gasteiger charge is -2.19. The van der Waals surface area contributed by atoms with Crippen LogP contribution in [0.3, 0.4) is 0 Å². The molecular weight excluding hydrogens is 364 g/mol. The van der Waals surface area contributed by atoms with E-state index in [-0.39, 0.29) is 28.1 Å². The van der Waals surface area contributed by atoms with E-state index in [1.54, 1.807) is 24.3 Å². The Balaban J connectivity index is 1.88. The first-order valence-electron chi connectivity index (χ1n) is 8.16. The zero-order valence-electron chi connectivity index (χ0n) is 14.2. The molecule has 28 heavy (non-hydrogen) atoms. The molecule has 0 amide bonds. The van der Waals surface area contributed by atoms with Crippen molar-refractivity contribution >= 4 is 28.6 Å². The minimum atomic E-state index is -0.833. The number of anilines is 2. The van der Waals surface area contributed by atoms with Gasteiger partial charge in [-0.3, -0.25) is 19.7 Å². The standard InChI is InChI=1S/C20H12N2O6/c23-11-6-14-18(16(7-11)22(27)28)20(26)13-9-17(24)15(8-12(13)19(14)25)21-10-4-2-1-3-5-10/h1-9,21,23-24H. The van der Waals surface area contributed by atoms with Crippen LogP contribution < -0.4 is 5.32 Å². The minimum absolute atomic E-state index is 0.0198. The summed E-state index contributed by atoms with van der Waals surface area (Å²) >= 11 is 0. The van der Waals surface area contributed by atoms with Crippen molar-refractivity contribution in [3.63, 3.8) is 0 Å². The number of rotatable bonds is 3. The van der Waals surface area contributed by atoms with E-state index in [0.29, 0.717) is 5.69 Å². The van der Waals surface area contributed by atoms with Gasteiger partial charge in [0.1, 0.15) is 17.1 Å². The number of para-hydroxylation sites is 1. The maximum Gasteiger partial charge on any atom is 0.285 e. The van der Waals surface area contributed by atoms with Crippen LogP contribution in [0.2, 0.25) is 0 Å². The Morgan fingerprint density at radius 2 is 1.54 bits per heavy atom. The van der Waals surface area contributed by atoms with Gasteiger partial charge in [0.15, 0.2) is 5.78 Å². The van der Waals surface area contributed by atoms with Crippen molar-refractivity contribution in [2.45, 2.75) is 0 Å². The van der Waals surface area contributed by atoms with E-state index in [2.05, 4.69) is 5.32 Å². The summed E-state index contributed by atoms with van der Waals surface area (Å²) in [5.74, 6) is -2.19. The molecule has 4 rings (SSSR count). The van der Waals surface area contributed by atoms with Gasteiger partial charge in [0, 0.05) is 22.4 Å². The summed E-state index contributed by atoms with van der Waals surface area (Å²) in [5, 5.41) is 34.3. The molecule has 0 aromatic heterocycles. The van der Waals surface area contributed by atoms with Crippen molar-refractivity contribution in [2.75, 3.05) is 5.32 Å². The van der Waals surface area contributed by atoms with Gasteiger partial charge in [0.2, 0.25) is 5.78 Å². The fourth-order valence-corrected chi connectivity index (χ4v) is 3.19. The van der Waals surface area contributed by atoms with Gasteiger partial charge in [-0.15, -0.1) is 0 Å². The number of nitro groups is 1. The van der Waals surface area contributed by atoms with Gasteiger partial charge in [0.05, 0.1) is 16.7 Å². The lowest BCUT2D eigenvalue weighted by atomic mass is 9.82. The molecule has 0 heterocycles. The highest BCUT2D eigenvalue weighted by molar-refractivity contribution is 6.30. The fraction of sp³-hybridized carbons (Fsp3) is 0. The Morgan fingerprint density at radius 1 is 0.857 bits per heavy atom. The summed E-state index contributed by atoms with van der Waals surface area (Å²) in [5.41, 5.74) is -0.616. The van der Waals surface area contributed by atoms with Gasteiger partial charge >= 0.3 is 0 Å². The number of phenols is 2. The largest absolute Gasteiger partial charge is 0.508 e. The molecule has 8 nitrogen and oxygen atoms in total. The zero-order valence-corrected chi connectivity index (χ0v) is 14.2. The molecule has 3 aromatic carbocycles. The van der Waals surface area contributed by atoms with Crippen molar-refractivity contribution in [3.8, 4) is 11.5 Å². The second-order valence-electron chi connectivity index (χ2n) is 6.21. The van der Waals surface area contributed by atoms with Crippen LogP contribution in [-0.2, 0) is 0 Å². The number of carbonyl (C=O) groups is 2. The van der Waals surface area contributed by atoms with Crippen molar-refractivity contribution in [1.82, 2.24) is 0 Å². The molecule has 0 radical (unpaired) electrons. The summed E-state index contributed by atoms with van der Waals surface area (Å²) < 4.78 is 0. The third kappa shape index (κ3) is 2.64. The van der Waals surface area contributed by atoms with Crippen LogP contribution in [0.5, 0.6) is 11.5 Å². The van der Waals surface area contributed by atoms with Crippen molar-refractivity contribution in [1.29, 1.82) is 0 Å². The Bertz CT molecular complexity index is 1170. The van der Waals surface area contributed by atoms with E-state index in [1.807, 2.05) is 6.07 Å². The lowest BCUT2D eigenvalue weighted by molar-refractivity contribution is -0.385. The Kier molecular flexibility index (Phi) is 3.82. The van der Waals surface area contributed by atoms with Gasteiger partial charge < -0.3 is 15.5 Å². The first-order chi connectivity index (χ1) is 13.4. The number of phenolic OH excluding ortho intramolecular Hbond substituents is 2. The van der Waals surface area contributed by atoms with E-state index >= 15 is 0 Å². The summed E-state index contributed by atoms with van der Waals surface area (Å²) in [6.07, 6.45) is 0. The number of hydrogen-bond acceptors (Lipinski definition) is 7. The minimum Gasteiger partial charge on any atom is -0.508 e. The second-order valence-corrected chi connectivity index (χ2v) is 6.21. The second kappa shape index (κ2) is 6.20. The Morgan fingerprint density at radius 3 is 2.21 bits per heavy atom. The molecule has 0 unspecified atom stereocenters. The quantitative estimate of drug-likeness (QED) is 0.283. The molecule has 0 bridgehead atoms. The molecule has 0 fully saturated rings. The summed E-state index contributed by atoms with van der Waals surface area (Å²) in [6.45, 7) is 0. The molecule has 0 saturated heterocycles. The fourth-order valence-electron chi connectivity index (χ4n) is 3.19. The molecule has 3 aromatic rings. The van der Waals surface area contributed by atoms with Crippen LogP contribution in [0, 0.1) is 10.1 Å². The number of nitrogens with one attached hydrogen (secondary N) is 1. The monoisotopic (exact) mass is 376 g/mol. The predicted molar refractivity (Wildman–Crippen MR) is 99.5 cm³/mol. The van der Waals surface area contributed by atoms with Crippen molar-refractivity contribution in [2.24, 2.45) is 0 Å². The molecule has 138 valence electrons. The normalized spacial score (nSPS) is 12.3. The topological polar surface area (TPSA) is 130 Å². The van der Waals surface area contributed by atoms with Crippen LogP contribution >= 0.6 is 0 Å². The van der Waals surface area contributed by atoms with Gasteiger partial charge in [-0.1, -0.05) is 18.2 Å². The molecule has 0 aliphatic heterocycles. The third-order valence-electron chi connectivity index (χ3n) is 4.45. The number of nitrogens with zero attached hydrogens (tertiary/aromatic N) is 1. The molecule has 1 aliphatic carbocycles. The average Bonchev–Trinajstić information content (AvgIpc) is 2.67. The molecule has 1 aliphatic rings. The van der Waals surface area contributed by atoms with Crippen molar-refractivity contribution < 1.29 is 24.7 Å². The zero-order chi connectivity index (χ0) is 20.0. The molecule has 0 atom stereocenters. The van der Waals surface area contributed by atoms with Crippen LogP contribution in [0.25, 0.3) is 0 Å². The molecule has 3 N–H and O–H groups in total. The van der Waals surface area contributed by atoms with Crippen LogP contribution in [-0.4, -0.2) is 26.7 Å². The van der Waals surface area contributed by atoms with Crippen molar-refractivity contribution in [3.05, 3.63) is 87.0 Å². The maximum atomic E-state index is 12.9. The van der Waals surface area contributed by atoms with E-state index in [1.165, 1.54) is 6.07 Å². The number of ketones is 2. The highest BCUT2D eigenvalue weighted by Crippen LogP contribution is 2.39. The van der Waals surface area contributed by atoms with Crippen LogP contribution in [0.15, 0.2) is 54.6 Å². The first-order valence-corrected chi connectivity index (χ1v) is 8.16. The maximum absolute atomic E-state index is 12.9. The SMILES string of the molecule is O=C1c2cc(Nc3ccccc3)c(O)cc2C(=O)c2c1cc(O)cc2[N+](=O)[O-]. The van der Waals surface area contributed by atoms with E-state index in [4.69, 9.17) is 0 Å². The van der Waals surface area contributed by atoms with Crippen LogP contribution in [0.4, 0.5) is 17.1 Å². The van der Waals surface area contributed by atoms with Gasteiger partial charge in [-0.2, -0.15) is 0 Å². The van der Waals surface area contributed by atoms with Gasteiger partial charge in [0.25, 0.3) is 5.69 Å². The van der Waals surface area contributed by atoms with E-state index < -0.39 is 33.5 Å². The average molecular weight is 376 g/mol. The highest BCUT2D eigenvalue weighted by Gasteiger charge is 2.37. The Hall–Kier alpha value is -4.20. The Labute approximate surface area is 157 Å². The molecular formula is C20H12N2O6. The predicted octanol–water partition coefficient (Wildman–Crippen LogP) is 3.53. The summed E-state index contributed by atoms with van der Waals surface area (Å²) in [4.78, 5) is 36.2. The van der Waals surface area contributed by atoms with Crippen LogP contribution in [0.1, 0.15) is 31.8 Å². The number of nitro benzene ring substituents is 1. The number of aromatic hydroxyl groups is 2. The molecule has 0 spiro atoms. The third-order valence-corrected chi connectivity index (χ3v) is 4.45. The van der Waals surface area contributed by atoms with Gasteiger partial charge in [-0.25, -0.2) is 0 Å². The summed E-state index contributed by atoms with van der Waals surface area (Å²) in [7, 11) is 0. The smallest absolute Gasteiger partial charge is 0.285 e. The first kappa shape index (κ1) is 17.2. The molecule has 8 heteroatoms.